The summed E-state index contributed by atoms with van der Waals surface area (Å²) in [6, 6.07) is -0.884. The molecule has 0 spiro atoms. The Balaban J connectivity index is 4.41. The minimum absolute atomic E-state index is 0.000917. The van der Waals surface area contributed by atoms with Crippen LogP contribution >= 0.6 is 7.82 Å². The van der Waals surface area contributed by atoms with E-state index in [4.69, 9.17) is 9.05 Å². The zero-order valence-electron chi connectivity index (χ0n) is 34.8. The van der Waals surface area contributed by atoms with Gasteiger partial charge < -0.3 is 28.8 Å². The van der Waals surface area contributed by atoms with Crippen molar-refractivity contribution in [1.82, 2.24) is 5.32 Å². The molecular formula is C43H85N2O6P. The van der Waals surface area contributed by atoms with Crippen molar-refractivity contribution in [2.45, 2.75) is 206 Å². The van der Waals surface area contributed by atoms with E-state index in [0.717, 1.165) is 38.5 Å². The lowest BCUT2D eigenvalue weighted by Gasteiger charge is -2.29. The summed E-state index contributed by atoms with van der Waals surface area (Å²) < 4.78 is 23.2. The van der Waals surface area contributed by atoms with Crippen molar-refractivity contribution in [3.05, 3.63) is 24.3 Å². The molecule has 0 saturated carbocycles. The smallest absolute Gasteiger partial charge is 0.268 e. The number of aliphatic hydroxyl groups is 1. The van der Waals surface area contributed by atoms with Crippen LogP contribution in [-0.4, -0.2) is 68.5 Å². The number of rotatable bonds is 39. The van der Waals surface area contributed by atoms with Gasteiger partial charge in [0, 0.05) is 6.42 Å². The lowest BCUT2D eigenvalue weighted by molar-refractivity contribution is -0.870. The van der Waals surface area contributed by atoms with E-state index in [1.165, 1.54) is 135 Å². The third-order valence-corrected chi connectivity index (χ3v) is 10.6. The predicted octanol–water partition coefficient (Wildman–Crippen LogP) is 11.1. The van der Waals surface area contributed by atoms with E-state index in [1.807, 2.05) is 27.2 Å². The molecule has 0 aromatic heterocycles. The number of nitrogens with zero attached hydrogens (tertiary/aromatic N) is 1. The van der Waals surface area contributed by atoms with Crippen molar-refractivity contribution in [3.63, 3.8) is 0 Å². The van der Waals surface area contributed by atoms with Gasteiger partial charge in [0.25, 0.3) is 7.82 Å². The van der Waals surface area contributed by atoms with Gasteiger partial charge >= 0.3 is 0 Å². The van der Waals surface area contributed by atoms with Gasteiger partial charge in [0.05, 0.1) is 39.9 Å². The second-order valence-corrected chi connectivity index (χ2v) is 17.5. The number of aliphatic hydroxyl groups excluding tert-OH is 1. The number of amides is 1. The summed E-state index contributed by atoms with van der Waals surface area (Å²) in [4.78, 5) is 25.2. The second kappa shape index (κ2) is 35.7. The van der Waals surface area contributed by atoms with Crippen molar-refractivity contribution < 1.29 is 32.9 Å². The van der Waals surface area contributed by atoms with Gasteiger partial charge in [-0.1, -0.05) is 173 Å². The van der Waals surface area contributed by atoms with E-state index in [9.17, 15) is 19.4 Å². The topological polar surface area (TPSA) is 108 Å². The Labute approximate surface area is 322 Å². The van der Waals surface area contributed by atoms with Crippen molar-refractivity contribution in [1.29, 1.82) is 0 Å². The van der Waals surface area contributed by atoms with E-state index >= 15 is 0 Å². The Hall–Kier alpha value is -1.02. The molecule has 9 heteroatoms. The molecule has 0 saturated heterocycles. The van der Waals surface area contributed by atoms with Crippen LogP contribution in [-0.2, 0) is 18.4 Å². The van der Waals surface area contributed by atoms with Crippen LogP contribution in [0.1, 0.15) is 194 Å². The molecule has 0 fully saturated rings. The monoisotopic (exact) mass is 757 g/mol. The molecule has 0 radical (unpaired) electrons. The van der Waals surface area contributed by atoms with Crippen molar-refractivity contribution in [3.8, 4) is 0 Å². The highest BCUT2D eigenvalue weighted by Gasteiger charge is 2.23. The highest BCUT2D eigenvalue weighted by molar-refractivity contribution is 7.45. The number of phosphoric ester groups is 1. The molecule has 0 aliphatic heterocycles. The molecule has 0 bridgehead atoms. The zero-order valence-corrected chi connectivity index (χ0v) is 35.7. The summed E-state index contributed by atoms with van der Waals surface area (Å²) in [7, 11) is 1.26. The van der Waals surface area contributed by atoms with Crippen LogP contribution in [0.3, 0.4) is 0 Å². The molecule has 0 aromatic carbocycles. The fraction of sp³-hybridized carbons (Fsp3) is 0.884. The van der Waals surface area contributed by atoms with Crippen LogP contribution in [0.4, 0.5) is 0 Å². The van der Waals surface area contributed by atoms with Gasteiger partial charge in [-0.15, -0.1) is 0 Å². The summed E-state index contributed by atoms with van der Waals surface area (Å²) in [5.74, 6) is -0.199. The van der Waals surface area contributed by atoms with Crippen LogP contribution < -0.4 is 10.2 Å². The van der Waals surface area contributed by atoms with Gasteiger partial charge in [0.15, 0.2) is 0 Å². The number of likely N-dealkylation sites (N-methyl/N-ethyl adjacent to an activating group) is 1. The first-order valence-electron chi connectivity index (χ1n) is 21.7. The van der Waals surface area contributed by atoms with Crippen LogP contribution in [0, 0.1) is 0 Å². The average molecular weight is 757 g/mol. The summed E-state index contributed by atoms with van der Waals surface area (Å²) >= 11 is 0. The van der Waals surface area contributed by atoms with Crippen LogP contribution in [0.2, 0.25) is 0 Å². The summed E-state index contributed by atoms with van der Waals surface area (Å²) in [6.45, 7) is 4.59. The lowest BCUT2D eigenvalue weighted by Crippen LogP contribution is -2.45. The van der Waals surface area contributed by atoms with Crippen LogP contribution in [0.25, 0.3) is 0 Å². The Bertz CT molecular complexity index is 907. The molecular weight excluding hydrogens is 671 g/mol. The Morgan fingerprint density at radius 1 is 0.654 bits per heavy atom. The third kappa shape index (κ3) is 37.3. The van der Waals surface area contributed by atoms with E-state index < -0.39 is 20.0 Å². The molecule has 1 unspecified atom stereocenters. The molecule has 52 heavy (non-hydrogen) atoms. The molecule has 3 atom stereocenters. The Morgan fingerprint density at radius 2 is 1.10 bits per heavy atom. The molecule has 2 N–H and O–H groups in total. The largest absolute Gasteiger partial charge is 0.756 e. The van der Waals surface area contributed by atoms with Crippen molar-refractivity contribution >= 4 is 13.7 Å². The maximum atomic E-state index is 12.8. The van der Waals surface area contributed by atoms with E-state index in [1.54, 1.807) is 6.08 Å². The molecule has 0 aliphatic rings. The third-order valence-electron chi connectivity index (χ3n) is 9.64. The first-order valence-corrected chi connectivity index (χ1v) is 23.2. The number of allylic oxidation sites excluding steroid dienone is 3. The zero-order chi connectivity index (χ0) is 38.6. The Morgan fingerprint density at radius 3 is 1.58 bits per heavy atom. The molecule has 0 aliphatic carbocycles. The number of phosphoric acid groups is 1. The molecule has 0 aromatic rings. The normalized spacial score (nSPS) is 14.7. The molecule has 0 rings (SSSR count). The summed E-state index contributed by atoms with van der Waals surface area (Å²) in [5.41, 5.74) is 0. The number of carbonyl (C=O) groups excluding carboxylic acids is 1. The van der Waals surface area contributed by atoms with Crippen molar-refractivity contribution in [2.75, 3.05) is 40.9 Å². The number of hydrogen-bond acceptors (Lipinski definition) is 6. The maximum absolute atomic E-state index is 12.8. The molecule has 308 valence electrons. The second-order valence-electron chi connectivity index (χ2n) is 16.0. The molecule has 8 nitrogen and oxygen atoms in total. The average Bonchev–Trinajstić information content (AvgIpc) is 3.09. The fourth-order valence-corrected chi connectivity index (χ4v) is 6.88. The highest BCUT2D eigenvalue weighted by atomic mass is 31.2. The van der Waals surface area contributed by atoms with Crippen molar-refractivity contribution in [2.24, 2.45) is 0 Å². The first-order chi connectivity index (χ1) is 25.0. The highest BCUT2D eigenvalue weighted by Crippen LogP contribution is 2.38. The summed E-state index contributed by atoms with van der Waals surface area (Å²) in [5, 5.41) is 13.7. The number of nitrogens with one attached hydrogen (secondary N) is 1. The van der Waals surface area contributed by atoms with Crippen LogP contribution in [0.15, 0.2) is 24.3 Å². The van der Waals surface area contributed by atoms with Crippen LogP contribution in [0.5, 0.6) is 0 Å². The minimum atomic E-state index is -4.58. The quantitative estimate of drug-likeness (QED) is 0.0280. The SMILES string of the molecule is CCC/C=C/CCCCCCCC/C=C/[C@@H](O)[C@H](COP(=O)([O-])OCC[N+](C)(C)C)NC(=O)CCCCCCCCCCCCCCCCCCC. The number of unbranched alkanes of at least 4 members (excludes halogenated alkanes) is 24. The lowest BCUT2D eigenvalue weighted by atomic mass is 10.0. The fourth-order valence-electron chi connectivity index (χ4n) is 6.15. The van der Waals surface area contributed by atoms with Gasteiger partial charge in [-0.2, -0.15) is 0 Å². The van der Waals surface area contributed by atoms with E-state index in [-0.39, 0.29) is 19.1 Å². The Kier molecular flexibility index (Phi) is 35.0. The first kappa shape index (κ1) is 51.0. The van der Waals surface area contributed by atoms with E-state index in [2.05, 4.69) is 31.3 Å². The van der Waals surface area contributed by atoms with Gasteiger partial charge in [-0.05, 0) is 38.5 Å². The number of hydrogen-bond donors (Lipinski definition) is 2. The standard InChI is InChI=1S/C43H85N2O6P/c1-6-8-10-12-14-16-18-20-21-22-23-25-27-29-31-33-35-37-43(47)44-41(40-51-52(48,49)50-39-38-45(3,4)5)42(46)36-34-32-30-28-26-24-19-17-15-13-11-9-7-2/h11,13,34,36,41-42,46H,6-10,12,14-33,35,37-40H2,1-5H3,(H-,44,47,48,49)/b13-11+,36-34+/t41-,42+/m0/s1. The number of quaternary nitrogens is 1. The summed E-state index contributed by atoms with van der Waals surface area (Å²) in [6.07, 6.45) is 40.7. The molecule has 0 heterocycles. The number of carbonyl (C=O) groups is 1. The van der Waals surface area contributed by atoms with E-state index in [0.29, 0.717) is 17.4 Å². The minimum Gasteiger partial charge on any atom is -0.756 e. The van der Waals surface area contributed by atoms with Gasteiger partial charge in [0.1, 0.15) is 13.2 Å². The van der Waals surface area contributed by atoms with Gasteiger partial charge in [0.2, 0.25) is 5.91 Å². The maximum Gasteiger partial charge on any atom is 0.268 e. The van der Waals surface area contributed by atoms with Gasteiger partial charge in [-0.25, -0.2) is 0 Å². The predicted molar refractivity (Wildman–Crippen MR) is 219 cm³/mol. The van der Waals surface area contributed by atoms with Gasteiger partial charge in [-0.3, -0.25) is 9.36 Å². The molecule has 1 amide bonds.